The summed E-state index contributed by atoms with van der Waals surface area (Å²) in [7, 11) is 0. The maximum Gasteiger partial charge on any atom is 0.164 e. The van der Waals surface area contributed by atoms with Gasteiger partial charge < -0.3 is 5.73 Å². The van der Waals surface area contributed by atoms with E-state index in [4.69, 9.17) is 10.7 Å². The van der Waals surface area contributed by atoms with Crippen LogP contribution in [0.4, 0.5) is 14.6 Å². The number of nitrogens with zero attached hydrogens (tertiary/aromatic N) is 6. The number of aryl methyl sites for hydroxylation is 1. The fourth-order valence-corrected chi connectivity index (χ4v) is 3.83. The molecule has 1 unspecified atom stereocenters. The van der Waals surface area contributed by atoms with Gasteiger partial charge in [-0.3, -0.25) is 4.98 Å². The van der Waals surface area contributed by atoms with Crippen molar-refractivity contribution in [2.24, 2.45) is 0 Å². The SMILES string of the molecule is CC.CC.Cc1nn(C(C)c2nc3ccc(F)cc3cc2-c2cncc(F)c2)c2ncnc(N)c12. The predicted molar refractivity (Wildman–Crippen MR) is 136 cm³/mol. The molecule has 0 saturated carbocycles. The Morgan fingerprint density at radius 1 is 0.943 bits per heavy atom. The van der Waals surface area contributed by atoms with Crippen LogP contribution in [0.2, 0.25) is 0 Å². The number of anilines is 1. The summed E-state index contributed by atoms with van der Waals surface area (Å²) in [5, 5.41) is 5.89. The third kappa shape index (κ3) is 4.94. The number of nitrogens with two attached hydrogens (primary N) is 1. The van der Waals surface area contributed by atoms with Gasteiger partial charge in [0.25, 0.3) is 0 Å². The van der Waals surface area contributed by atoms with Crippen LogP contribution in [0.1, 0.15) is 52.0 Å². The highest BCUT2D eigenvalue weighted by atomic mass is 19.1. The van der Waals surface area contributed by atoms with Gasteiger partial charge in [-0.25, -0.2) is 28.4 Å². The van der Waals surface area contributed by atoms with Crippen LogP contribution in [0.3, 0.4) is 0 Å². The Hall–Kier alpha value is -4.01. The van der Waals surface area contributed by atoms with Gasteiger partial charge in [0.05, 0.1) is 34.5 Å². The Bertz CT molecular complexity index is 1460. The van der Waals surface area contributed by atoms with Gasteiger partial charge in [0.15, 0.2) is 5.65 Å². The summed E-state index contributed by atoms with van der Waals surface area (Å²) in [6.45, 7) is 11.7. The lowest BCUT2D eigenvalue weighted by Crippen LogP contribution is -2.13. The molecule has 0 amide bonds. The summed E-state index contributed by atoms with van der Waals surface area (Å²) in [6.07, 6.45) is 4.06. The fraction of sp³-hybridized carbons (Fsp3) is 0.269. The normalized spacial score (nSPS) is 11.4. The first-order valence-corrected chi connectivity index (χ1v) is 11.6. The van der Waals surface area contributed by atoms with Crippen molar-refractivity contribution in [1.29, 1.82) is 0 Å². The quantitative estimate of drug-likeness (QED) is 0.329. The average Bonchev–Trinajstić information content (AvgIpc) is 3.22. The van der Waals surface area contributed by atoms with Crippen LogP contribution in [0, 0.1) is 18.6 Å². The third-order valence-corrected chi connectivity index (χ3v) is 5.28. The molecule has 5 aromatic rings. The molecule has 35 heavy (non-hydrogen) atoms. The zero-order chi connectivity index (χ0) is 25.7. The zero-order valence-electron chi connectivity index (χ0n) is 20.7. The Morgan fingerprint density at radius 2 is 1.69 bits per heavy atom. The molecule has 182 valence electrons. The minimum absolute atomic E-state index is 0.345. The van der Waals surface area contributed by atoms with E-state index in [1.54, 1.807) is 23.0 Å². The van der Waals surface area contributed by atoms with Crippen molar-refractivity contribution in [2.45, 2.75) is 47.6 Å². The van der Waals surface area contributed by atoms with Crippen molar-refractivity contribution in [3.05, 3.63) is 72.1 Å². The van der Waals surface area contributed by atoms with Gasteiger partial charge in [-0.1, -0.05) is 27.7 Å². The molecule has 0 radical (unpaired) electrons. The van der Waals surface area contributed by atoms with Crippen LogP contribution in [0.5, 0.6) is 0 Å². The Kier molecular flexibility index (Phi) is 8.01. The second-order valence-corrected chi connectivity index (χ2v) is 7.31. The van der Waals surface area contributed by atoms with E-state index < -0.39 is 11.9 Å². The highest BCUT2D eigenvalue weighted by Gasteiger charge is 2.22. The second-order valence-electron chi connectivity index (χ2n) is 7.31. The largest absolute Gasteiger partial charge is 0.383 e. The Balaban J connectivity index is 0.000000815. The van der Waals surface area contributed by atoms with E-state index in [2.05, 4.69) is 20.1 Å². The fourth-order valence-electron chi connectivity index (χ4n) is 3.83. The molecule has 0 aliphatic heterocycles. The highest BCUT2D eigenvalue weighted by molar-refractivity contribution is 5.88. The van der Waals surface area contributed by atoms with Gasteiger partial charge in [0, 0.05) is 22.7 Å². The summed E-state index contributed by atoms with van der Waals surface area (Å²) in [5.74, 6) is -0.506. The van der Waals surface area contributed by atoms with Crippen molar-refractivity contribution in [2.75, 3.05) is 5.73 Å². The number of aromatic nitrogens is 6. The summed E-state index contributed by atoms with van der Waals surface area (Å²) in [5.41, 5.74) is 9.68. The lowest BCUT2D eigenvalue weighted by molar-refractivity contribution is 0.564. The molecule has 0 bridgehead atoms. The first kappa shape index (κ1) is 25.6. The van der Waals surface area contributed by atoms with Gasteiger partial charge in [0.2, 0.25) is 0 Å². The van der Waals surface area contributed by atoms with Gasteiger partial charge in [-0.05, 0) is 44.2 Å². The molecular formula is C26H29F2N7. The van der Waals surface area contributed by atoms with E-state index in [1.165, 1.54) is 24.5 Å². The van der Waals surface area contributed by atoms with Crippen molar-refractivity contribution < 1.29 is 8.78 Å². The predicted octanol–water partition coefficient (Wildman–Crippen LogP) is 6.27. The van der Waals surface area contributed by atoms with Crippen LogP contribution in [0.25, 0.3) is 33.1 Å². The molecule has 1 atom stereocenters. The number of pyridine rings is 2. The van der Waals surface area contributed by atoms with Crippen molar-refractivity contribution in [3.63, 3.8) is 0 Å². The van der Waals surface area contributed by atoms with E-state index in [-0.39, 0.29) is 5.82 Å². The monoisotopic (exact) mass is 477 g/mol. The van der Waals surface area contributed by atoms with Crippen LogP contribution < -0.4 is 5.73 Å². The van der Waals surface area contributed by atoms with Crippen molar-refractivity contribution in [1.82, 2.24) is 29.7 Å². The first-order chi connectivity index (χ1) is 16.9. The molecule has 0 fully saturated rings. The number of hydrogen-bond donors (Lipinski definition) is 1. The molecule has 9 heteroatoms. The van der Waals surface area contributed by atoms with Gasteiger partial charge >= 0.3 is 0 Å². The van der Waals surface area contributed by atoms with Gasteiger partial charge in [0.1, 0.15) is 23.8 Å². The lowest BCUT2D eigenvalue weighted by atomic mass is 9.99. The van der Waals surface area contributed by atoms with Crippen molar-refractivity contribution >= 4 is 27.8 Å². The van der Waals surface area contributed by atoms with Crippen LogP contribution in [0.15, 0.2) is 49.1 Å². The Labute approximate surface area is 203 Å². The first-order valence-electron chi connectivity index (χ1n) is 11.6. The highest BCUT2D eigenvalue weighted by Crippen LogP contribution is 2.34. The van der Waals surface area contributed by atoms with E-state index in [1.807, 2.05) is 41.5 Å². The maximum atomic E-state index is 14.0. The molecule has 4 heterocycles. The average molecular weight is 478 g/mol. The maximum absolute atomic E-state index is 14.0. The second kappa shape index (κ2) is 10.9. The van der Waals surface area contributed by atoms with Crippen LogP contribution >= 0.6 is 0 Å². The number of hydrogen-bond acceptors (Lipinski definition) is 6. The molecule has 1 aromatic carbocycles. The Morgan fingerprint density at radius 3 is 2.40 bits per heavy atom. The number of fused-ring (bicyclic) bond motifs is 2. The topological polar surface area (TPSA) is 95.4 Å². The minimum atomic E-state index is -0.476. The number of rotatable bonds is 3. The summed E-state index contributed by atoms with van der Waals surface area (Å²) in [6, 6.07) is 7.13. The molecular weight excluding hydrogens is 448 g/mol. The number of halogens is 2. The van der Waals surface area contributed by atoms with Crippen LogP contribution in [-0.4, -0.2) is 29.7 Å². The third-order valence-electron chi connectivity index (χ3n) is 5.28. The molecule has 0 spiro atoms. The summed E-state index contributed by atoms with van der Waals surface area (Å²) < 4.78 is 29.5. The van der Waals surface area contributed by atoms with Gasteiger partial charge in [-0.2, -0.15) is 5.10 Å². The number of nitrogen functional groups attached to an aromatic ring is 1. The lowest BCUT2D eigenvalue weighted by Gasteiger charge is -2.18. The minimum Gasteiger partial charge on any atom is -0.383 e. The molecule has 2 N–H and O–H groups in total. The summed E-state index contributed by atoms with van der Waals surface area (Å²) in [4.78, 5) is 17.2. The molecule has 7 nitrogen and oxygen atoms in total. The molecule has 0 aliphatic rings. The van der Waals surface area contributed by atoms with E-state index in [0.717, 1.165) is 6.20 Å². The summed E-state index contributed by atoms with van der Waals surface area (Å²) >= 11 is 0. The molecule has 5 rings (SSSR count). The smallest absolute Gasteiger partial charge is 0.164 e. The van der Waals surface area contributed by atoms with E-state index in [0.29, 0.717) is 50.3 Å². The van der Waals surface area contributed by atoms with Crippen molar-refractivity contribution in [3.8, 4) is 11.1 Å². The standard InChI is InChI=1S/C22H17F2N7.2C2H6/c1-11-19-21(25)27-10-28-22(19)31(30-11)12(2)20-17(14-6-16(24)9-26-8-14)7-13-5-15(23)3-4-18(13)29-20;2*1-2/h3-10,12H,1-2H3,(H2,25,27,28);2*1-2H3. The molecule has 4 aromatic heterocycles. The van der Waals surface area contributed by atoms with Crippen LogP contribution in [-0.2, 0) is 0 Å². The molecule has 0 saturated heterocycles. The number of benzene rings is 1. The zero-order valence-corrected chi connectivity index (χ0v) is 20.7. The van der Waals surface area contributed by atoms with Gasteiger partial charge in [-0.15, -0.1) is 0 Å². The van der Waals surface area contributed by atoms with E-state index >= 15 is 0 Å². The van der Waals surface area contributed by atoms with E-state index in [9.17, 15) is 8.78 Å². The molecule has 0 aliphatic carbocycles.